The fourth-order valence-electron chi connectivity index (χ4n) is 2.70. The Labute approximate surface area is 174 Å². The highest BCUT2D eigenvalue weighted by Gasteiger charge is 2.19. The molecule has 1 N–H and O–H groups in total. The van der Waals surface area contributed by atoms with E-state index in [1.165, 1.54) is 0 Å². The molecule has 0 fully saturated rings. The van der Waals surface area contributed by atoms with Gasteiger partial charge in [-0.1, -0.05) is 11.6 Å². The molecule has 1 aromatic heterocycles. The molecule has 3 aromatic rings. The average Bonchev–Trinajstić information content (AvgIpc) is 3.15. The molecule has 1 heterocycles. The molecule has 0 aliphatic heterocycles. The molecule has 1 atom stereocenters. The Morgan fingerprint density at radius 1 is 1.17 bits per heavy atom. The van der Waals surface area contributed by atoms with Crippen LogP contribution >= 0.6 is 11.6 Å². The molecule has 0 unspecified atom stereocenters. The Kier molecular flexibility index (Phi) is 6.39. The van der Waals surface area contributed by atoms with Gasteiger partial charge in [0.25, 0.3) is 17.7 Å². The number of aryl methyl sites for hydroxylation is 2. The van der Waals surface area contributed by atoms with Crippen LogP contribution in [0.25, 0.3) is 11.5 Å². The number of amides is 1. The Morgan fingerprint density at radius 2 is 1.83 bits per heavy atom. The Balaban J connectivity index is 1.63. The zero-order valence-electron chi connectivity index (χ0n) is 16.7. The van der Waals surface area contributed by atoms with Crippen molar-refractivity contribution in [3.05, 3.63) is 52.5 Å². The number of nitrogens with one attached hydrogen (secondary N) is 1. The van der Waals surface area contributed by atoms with Crippen molar-refractivity contribution >= 4 is 23.5 Å². The van der Waals surface area contributed by atoms with Gasteiger partial charge in [0.05, 0.1) is 6.61 Å². The van der Waals surface area contributed by atoms with Gasteiger partial charge in [0.15, 0.2) is 6.10 Å². The molecule has 0 aliphatic rings. The minimum absolute atomic E-state index is 0.0674. The molecule has 152 valence electrons. The van der Waals surface area contributed by atoms with E-state index in [2.05, 4.69) is 15.5 Å². The SMILES string of the molecule is CCOc1ccc(-c2nc(NC(=O)[C@H](C)Oc3cc(C)c(Cl)c(C)c3)no2)cc1. The normalized spacial score (nSPS) is 11.8. The van der Waals surface area contributed by atoms with Gasteiger partial charge in [0.1, 0.15) is 11.5 Å². The lowest BCUT2D eigenvalue weighted by Gasteiger charge is -2.15. The molecular weight excluding hydrogens is 394 g/mol. The smallest absolute Gasteiger partial charge is 0.270 e. The molecule has 7 nitrogen and oxygen atoms in total. The van der Waals surface area contributed by atoms with E-state index in [0.717, 1.165) is 22.4 Å². The number of halogens is 1. The predicted molar refractivity (Wildman–Crippen MR) is 111 cm³/mol. The summed E-state index contributed by atoms with van der Waals surface area (Å²) in [6, 6.07) is 10.8. The molecule has 0 saturated heterocycles. The third kappa shape index (κ3) is 5.06. The van der Waals surface area contributed by atoms with Crippen LogP contribution in [0.4, 0.5) is 5.95 Å². The number of hydrogen-bond acceptors (Lipinski definition) is 6. The Morgan fingerprint density at radius 3 is 2.45 bits per heavy atom. The van der Waals surface area contributed by atoms with Gasteiger partial charge in [0, 0.05) is 10.6 Å². The molecule has 0 saturated carbocycles. The summed E-state index contributed by atoms with van der Waals surface area (Å²) in [6.45, 7) is 7.91. The number of ether oxygens (including phenoxy) is 2. The third-order valence-corrected chi connectivity index (χ3v) is 4.76. The molecule has 2 aromatic carbocycles. The van der Waals surface area contributed by atoms with Crippen LogP contribution in [0.3, 0.4) is 0 Å². The van der Waals surface area contributed by atoms with Crippen molar-refractivity contribution in [3.8, 4) is 23.0 Å². The summed E-state index contributed by atoms with van der Waals surface area (Å²) in [5.41, 5.74) is 2.48. The van der Waals surface area contributed by atoms with Crippen LogP contribution in [0.15, 0.2) is 40.9 Å². The monoisotopic (exact) mass is 415 g/mol. The van der Waals surface area contributed by atoms with E-state index in [1.54, 1.807) is 31.2 Å². The Hall–Kier alpha value is -3.06. The van der Waals surface area contributed by atoms with Crippen molar-refractivity contribution < 1.29 is 18.8 Å². The van der Waals surface area contributed by atoms with Crippen molar-refractivity contribution in [2.45, 2.75) is 33.8 Å². The number of anilines is 1. The number of aromatic nitrogens is 2. The molecule has 3 rings (SSSR count). The summed E-state index contributed by atoms with van der Waals surface area (Å²) in [6.07, 6.45) is -0.762. The largest absolute Gasteiger partial charge is 0.494 e. The van der Waals surface area contributed by atoms with Gasteiger partial charge in [-0.25, -0.2) is 0 Å². The topological polar surface area (TPSA) is 86.5 Å². The van der Waals surface area contributed by atoms with Crippen molar-refractivity contribution in [1.29, 1.82) is 0 Å². The molecule has 29 heavy (non-hydrogen) atoms. The minimum atomic E-state index is -0.762. The van der Waals surface area contributed by atoms with Crippen LogP contribution in [-0.4, -0.2) is 28.8 Å². The van der Waals surface area contributed by atoms with E-state index in [0.29, 0.717) is 23.3 Å². The second-order valence-corrected chi connectivity index (χ2v) is 6.88. The van der Waals surface area contributed by atoms with E-state index in [1.807, 2.05) is 32.9 Å². The molecule has 0 bridgehead atoms. The maximum Gasteiger partial charge on any atom is 0.270 e. The Bertz CT molecular complexity index is 978. The standard InChI is InChI=1S/C21H22ClN3O4/c1-5-27-16-8-6-15(7-9-16)20-24-21(25-29-20)23-19(26)14(4)28-17-10-12(2)18(22)13(3)11-17/h6-11,14H,5H2,1-4H3,(H,23,25,26)/t14-/m0/s1. The van der Waals surface area contributed by atoms with Crippen LogP contribution < -0.4 is 14.8 Å². The van der Waals surface area contributed by atoms with Gasteiger partial charge in [-0.3, -0.25) is 10.1 Å². The summed E-state index contributed by atoms with van der Waals surface area (Å²) in [4.78, 5) is 16.6. The first kappa shape index (κ1) is 20.7. The third-order valence-electron chi connectivity index (χ3n) is 4.17. The first-order valence-corrected chi connectivity index (χ1v) is 9.56. The molecule has 0 spiro atoms. The van der Waals surface area contributed by atoms with Crippen molar-refractivity contribution in [2.75, 3.05) is 11.9 Å². The molecule has 1 amide bonds. The average molecular weight is 416 g/mol. The first-order valence-electron chi connectivity index (χ1n) is 9.18. The van der Waals surface area contributed by atoms with Crippen molar-refractivity contribution in [2.24, 2.45) is 0 Å². The van der Waals surface area contributed by atoms with E-state index in [4.69, 9.17) is 25.6 Å². The van der Waals surface area contributed by atoms with Gasteiger partial charge in [0.2, 0.25) is 0 Å². The lowest BCUT2D eigenvalue weighted by atomic mass is 10.1. The fourth-order valence-corrected chi connectivity index (χ4v) is 2.80. The quantitative estimate of drug-likeness (QED) is 0.595. The molecule has 0 radical (unpaired) electrons. The number of rotatable bonds is 7. The van der Waals surface area contributed by atoms with Crippen LogP contribution in [0, 0.1) is 13.8 Å². The number of carbonyl (C=O) groups is 1. The summed E-state index contributed by atoms with van der Waals surface area (Å²) in [5.74, 6) is 1.28. The van der Waals surface area contributed by atoms with Gasteiger partial charge in [-0.15, -0.1) is 0 Å². The lowest BCUT2D eigenvalue weighted by Crippen LogP contribution is -2.30. The molecule has 0 aliphatic carbocycles. The van der Waals surface area contributed by atoms with Gasteiger partial charge in [-0.2, -0.15) is 4.98 Å². The highest BCUT2D eigenvalue weighted by molar-refractivity contribution is 6.32. The maximum absolute atomic E-state index is 12.4. The zero-order valence-corrected chi connectivity index (χ0v) is 17.4. The van der Waals surface area contributed by atoms with Crippen molar-refractivity contribution in [3.63, 3.8) is 0 Å². The predicted octanol–water partition coefficient (Wildman–Crippen LogP) is 4.81. The minimum Gasteiger partial charge on any atom is -0.494 e. The zero-order chi connectivity index (χ0) is 21.0. The van der Waals surface area contributed by atoms with Gasteiger partial charge >= 0.3 is 0 Å². The lowest BCUT2D eigenvalue weighted by molar-refractivity contribution is -0.122. The molecular formula is C21H22ClN3O4. The number of hydrogen-bond donors (Lipinski definition) is 1. The van der Waals surface area contributed by atoms with E-state index in [-0.39, 0.29) is 5.95 Å². The van der Waals surface area contributed by atoms with E-state index >= 15 is 0 Å². The number of benzene rings is 2. The van der Waals surface area contributed by atoms with E-state index < -0.39 is 12.0 Å². The summed E-state index contributed by atoms with van der Waals surface area (Å²) in [7, 11) is 0. The van der Waals surface area contributed by atoms with Crippen LogP contribution in [0.1, 0.15) is 25.0 Å². The maximum atomic E-state index is 12.4. The number of carbonyl (C=O) groups excluding carboxylic acids is 1. The van der Waals surface area contributed by atoms with Gasteiger partial charge < -0.3 is 14.0 Å². The van der Waals surface area contributed by atoms with Gasteiger partial charge in [-0.05, 0) is 80.4 Å². The number of nitrogens with zero attached hydrogens (tertiary/aromatic N) is 2. The highest BCUT2D eigenvalue weighted by atomic mass is 35.5. The van der Waals surface area contributed by atoms with Crippen LogP contribution in [0.5, 0.6) is 11.5 Å². The van der Waals surface area contributed by atoms with Crippen molar-refractivity contribution in [1.82, 2.24) is 10.1 Å². The fraction of sp³-hybridized carbons (Fsp3) is 0.286. The summed E-state index contributed by atoms with van der Waals surface area (Å²) in [5, 5.41) is 7.08. The first-order chi connectivity index (χ1) is 13.9. The second kappa shape index (κ2) is 8.96. The van der Waals surface area contributed by atoms with E-state index in [9.17, 15) is 4.79 Å². The molecule has 8 heteroatoms. The second-order valence-electron chi connectivity index (χ2n) is 6.50. The van der Waals surface area contributed by atoms with Crippen LogP contribution in [0.2, 0.25) is 5.02 Å². The summed E-state index contributed by atoms with van der Waals surface area (Å²) < 4.78 is 16.3. The summed E-state index contributed by atoms with van der Waals surface area (Å²) >= 11 is 6.16. The highest BCUT2D eigenvalue weighted by Crippen LogP contribution is 2.27. The van der Waals surface area contributed by atoms with Crippen LogP contribution in [-0.2, 0) is 4.79 Å².